The number of hydrogen-bond donors (Lipinski definition) is 2. The molecule has 2 N–H and O–H groups in total. The maximum atomic E-state index is 12.2. The second-order valence-electron chi connectivity index (χ2n) is 8.05. The number of para-hydroxylation sites is 1. The molecule has 0 heterocycles. The normalized spacial score (nSPS) is 11.2. The second-order valence-corrected chi connectivity index (χ2v) is 8.05. The highest BCUT2D eigenvalue weighted by molar-refractivity contribution is 6.39. The highest BCUT2D eigenvalue weighted by Gasteiger charge is 2.14. The molecule has 6 heteroatoms. The number of carbonyl (C=O) groups excluding carboxylic acids is 2. The molecule has 4 aromatic rings. The number of rotatable bonds is 7. The lowest BCUT2D eigenvalue weighted by atomic mass is 10.1. The quantitative estimate of drug-likeness (QED) is 0.216. The van der Waals surface area contributed by atoms with Gasteiger partial charge in [-0.3, -0.25) is 9.59 Å². The zero-order valence-corrected chi connectivity index (χ0v) is 19.7. The van der Waals surface area contributed by atoms with E-state index in [1.165, 1.54) is 10.8 Å². The van der Waals surface area contributed by atoms with E-state index in [0.29, 0.717) is 18.0 Å². The molecule has 0 unspecified atom stereocenters. The van der Waals surface area contributed by atoms with Gasteiger partial charge in [0, 0.05) is 5.69 Å². The topological polar surface area (TPSA) is 79.8 Å². The van der Waals surface area contributed by atoms with Gasteiger partial charge in [0.05, 0.1) is 5.71 Å². The number of nitrogens with zero attached hydrogens (tertiary/aromatic N) is 1. The Morgan fingerprint density at radius 2 is 1.49 bits per heavy atom. The summed E-state index contributed by atoms with van der Waals surface area (Å²) in [6, 6.07) is 29.2. The van der Waals surface area contributed by atoms with Crippen molar-refractivity contribution in [2.24, 2.45) is 5.10 Å². The molecule has 35 heavy (non-hydrogen) atoms. The summed E-state index contributed by atoms with van der Waals surface area (Å²) in [5.41, 5.74) is 6.39. The maximum absolute atomic E-state index is 12.2. The van der Waals surface area contributed by atoms with Crippen molar-refractivity contribution in [2.45, 2.75) is 26.9 Å². The fourth-order valence-electron chi connectivity index (χ4n) is 3.75. The van der Waals surface area contributed by atoms with Crippen LogP contribution < -0.4 is 15.5 Å². The van der Waals surface area contributed by atoms with Crippen LogP contribution in [0.4, 0.5) is 5.69 Å². The summed E-state index contributed by atoms with van der Waals surface area (Å²) in [4.78, 5) is 24.4. The van der Waals surface area contributed by atoms with Gasteiger partial charge in [0.2, 0.25) is 0 Å². The first-order chi connectivity index (χ1) is 17.0. The average molecular weight is 466 g/mol. The first-order valence-electron chi connectivity index (χ1n) is 11.5. The Morgan fingerprint density at radius 3 is 2.29 bits per heavy atom. The van der Waals surface area contributed by atoms with Crippen LogP contribution in [0.2, 0.25) is 0 Å². The maximum Gasteiger partial charge on any atom is 0.329 e. The van der Waals surface area contributed by atoms with Gasteiger partial charge in [-0.15, -0.1) is 0 Å². The monoisotopic (exact) mass is 465 g/mol. The molecule has 0 saturated heterocycles. The lowest BCUT2D eigenvalue weighted by molar-refractivity contribution is -0.136. The van der Waals surface area contributed by atoms with Gasteiger partial charge in [-0.05, 0) is 71.1 Å². The fourth-order valence-corrected chi connectivity index (χ4v) is 3.75. The first kappa shape index (κ1) is 23.7. The van der Waals surface area contributed by atoms with Crippen molar-refractivity contribution in [3.05, 3.63) is 108 Å². The predicted molar refractivity (Wildman–Crippen MR) is 140 cm³/mol. The fraction of sp³-hybridized carbons (Fsp3) is 0.138. The second kappa shape index (κ2) is 11.1. The van der Waals surface area contributed by atoms with Gasteiger partial charge in [-0.2, -0.15) is 5.10 Å². The predicted octanol–water partition coefficient (Wildman–Crippen LogP) is 5.46. The zero-order chi connectivity index (χ0) is 24.6. The van der Waals surface area contributed by atoms with Gasteiger partial charge in [0.25, 0.3) is 0 Å². The Balaban J connectivity index is 1.34. The zero-order valence-electron chi connectivity index (χ0n) is 19.7. The van der Waals surface area contributed by atoms with E-state index < -0.39 is 11.8 Å². The number of hydrogen-bond acceptors (Lipinski definition) is 4. The summed E-state index contributed by atoms with van der Waals surface area (Å²) in [5.74, 6) is -0.864. The lowest BCUT2D eigenvalue weighted by Crippen LogP contribution is -2.33. The molecule has 0 aliphatic carbocycles. The Bertz CT molecular complexity index is 1370. The Morgan fingerprint density at radius 1 is 0.800 bits per heavy atom. The minimum Gasteiger partial charge on any atom is -0.489 e. The van der Waals surface area contributed by atoms with Crippen molar-refractivity contribution in [3.63, 3.8) is 0 Å². The van der Waals surface area contributed by atoms with Crippen LogP contribution in [0.5, 0.6) is 5.75 Å². The van der Waals surface area contributed by atoms with E-state index >= 15 is 0 Å². The van der Waals surface area contributed by atoms with Gasteiger partial charge in [-0.25, -0.2) is 5.43 Å². The molecule has 4 rings (SSSR count). The lowest BCUT2D eigenvalue weighted by Gasteiger charge is -2.10. The van der Waals surface area contributed by atoms with Gasteiger partial charge >= 0.3 is 11.8 Å². The SMILES string of the molecule is CCc1ccccc1NC(=O)C(=O)N/N=C(\C)c1ccc(OCc2cccc3ccccc23)cc1. The molecule has 0 fully saturated rings. The smallest absolute Gasteiger partial charge is 0.329 e. The first-order valence-corrected chi connectivity index (χ1v) is 11.5. The molecular weight excluding hydrogens is 438 g/mol. The number of hydrazone groups is 1. The molecule has 0 saturated carbocycles. The number of anilines is 1. The van der Waals surface area contributed by atoms with E-state index in [4.69, 9.17) is 4.74 Å². The minimum absolute atomic E-state index is 0.458. The summed E-state index contributed by atoms with van der Waals surface area (Å²) >= 11 is 0. The Labute approximate surface area is 204 Å². The van der Waals surface area contributed by atoms with E-state index in [0.717, 1.165) is 28.9 Å². The molecule has 2 amide bonds. The van der Waals surface area contributed by atoms with Crippen molar-refractivity contribution in [1.82, 2.24) is 5.43 Å². The Hall–Kier alpha value is -4.45. The van der Waals surface area contributed by atoms with E-state index in [1.54, 1.807) is 13.0 Å². The Kier molecular flexibility index (Phi) is 7.53. The number of ether oxygens (including phenoxy) is 1. The number of fused-ring (bicyclic) bond motifs is 1. The molecule has 0 spiro atoms. The van der Waals surface area contributed by atoms with E-state index in [1.807, 2.05) is 67.6 Å². The number of amides is 2. The third kappa shape index (κ3) is 5.92. The number of nitrogens with one attached hydrogen (secondary N) is 2. The minimum atomic E-state index is -0.828. The van der Waals surface area contributed by atoms with Crippen molar-refractivity contribution in [3.8, 4) is 5.75 Å². The molecule has 6 nitrogen and oxygen atoms in total. The molecule has 0 radical (unpaired) electrons. The van der Waals surface area contributed by atoms with Crippen molar-refractivity contribution < 1.29 is 14.3 Å². The van der Waals surface area contributed by atoms with Crippen molar-refractivity contribution >= 4 is 34.0 Å². The summed E-state index contributed by atoms with van der Waals surface area (Å²) in [5, 5.41) is 9.06. The molecule has 0 aliphatic heterocycles. The van der Waals surface area contributed by atoms with Crippen LogP contribution in [-0.4, -0.2) is 17.5 Å². The van der Waals surface area contributed by atoms with Gasteiger partial charge in [0.1, 0.15) is 12.4 Å². The van der Waals surface area contributed by atoms with Gasteiger partial charge in [-0.1, -0.05) is 67.6 Å². The van der Waals surface area contributed by atoms with Crippen LogP contribution in [0.1, 0.15) is 30.5 Å². The summed E-state index contributed by atoms with van der Waals surface area (Å²) in [6.45, 7) is 4.20. The van der Waals surface area contributed by atoms with Crippen LogP contribution in [-0.2, 0) is 22.6 Å². The third-order valence-corrected chi connectivity index (χ3v) is 5.72. The molecule has 0 aliphatic rings. The van der Waals surface area contributed by atoms with Crippen molar-refractivity contribution in [1.29, 1.82) is 0 Å². The third-order valence-electron chi connectivity index (χ3n) is 5.72. The number of aryl methyl sites for hydroxylation is 1. The van der Waals surface area contributed by atoms with E-state index in [2.05, 4.69) is 40.1 Å². The van der Waals surface area contributed by atoms with Crippen LogP contribution in [0.25, 0.3) is 10.8 Å². The standard InChI is InChI=1S/C29H27N3O3/c1-3-21-9-5-7-14-27(21)30-28(33)29(34)32-31-20(2)22-15-17-25(18-16-22)35-19-24-12-8-11-23-10-4-6-13-26(23)24/h4-18H,3,19H2,1-2H3,(H,30,33)(H,32,34)/b31-20+. The molecule has 0 aromatic heterocycles. The molecule has 0 atom stereocenters. The molecule has 4 aromatic carbocycles. The van der Waals surface area contributed by atoms with E-state index in [9.17, 15) is 9.59 Å². The van der Waals surface area contributed by atoms with Gasteiger partial charge < -0.3 is 10.1 Å². The van der Waals surface area contributed by atoms with Crippen LogP contribution >= 0.6 is 0 Å². The summed E-state index contributed by atoms with van der Waals surface area (Å²) < 4.78 is 5.98. The molecular formula is C29H27N3O3. The van der Waals surface area contributed by atoms with Crippen LogP contribution in [0.3, 0.4) is 0 Å². The highest BCUT2D eigenvalue weighted by Crippen LogP contribution is 2.21. The van der Waals surface area contributed by atoms with Crippen molar-refractivity contribution in [2.75, 3.05) is 5.32 Å². The van der Waals surface area contributed by atoms with Crippen LogP contribution in [0, 0.1) is 0 Å². The number of benzene rings is 4. The summed E-state index contributed by atoms with van der Waals surface area (Å²) in [6.07, 6.45) is 0.747. The molecule has 0 bridgehead atoms. The summed E-state index contributed by atoms with van der Waals surface area (Å²) in [7, 11) is 0. The highest BCUT2D eigenvalue weighted by atomic mass is 16.5. The largest absolute Gasteiger partial charge is 0.489 e. The van der Waals surface area contributed by atoms with E-state index in [-0.39, 0.29) is 0 Å². The van der Waals surface area contributed by atoms with Gasteiger partial charge in [0.15, 0.2) is 0 Å². The van der Waals surface area contributed by atoms with Crippen LogP contribution in [0.15, 0.2) is 96.1 Å². The molecule has 176 valence electrons. The average Bonchev–Trinajstić information content (AvgIpc) is 2.90. The number of carbonyl (C=O) groups is 2.